The number of ether oxygens (including phenoxy) is 3. The van der Waals surface area contributed by atoms with Crippen LogP contribution in [0.4, 0.5) is 0 Å². The Morgan fingerprint density at radius 3 is 2.52 bits per heavy atom. The van der Waals surface area contributed by atoms with Gasteiger partial charge < -0.3 is 23.8 Å². The molecule has 0 aliphatic heterocycles. The number of carbonyl (C=O) groups is 1. The van der Waals surface area contributed by atoms with Gasteiger partial charge in [-0.2, -0.15) is 4.98 Å². The topological polar surface area (TPSA) is 104 Å². The van der Waals surface area contributed by atoms with E-state index in [-0.39, 0.29) is 10.9 Å². The smallest absolute Gasteiger partial charge is 0.341 e. The molecule has 9 heteroatoms. The van der Waals surface area contributed by atoms with Gasteiger partial charge in [-0.3, -0.25) is 0 Å². The Morgan fingerprint density at radius 1 is 1.14 bits per heavy atom. The van der Waals surface area contributed by atoms with Crippen molar-refractivity contribution < 1.29 is 28.6 Å². The van der Waals surface area contributed by atoms with Crippen LogP contribution in [-0.4, -0.2) is 42.0 Å². The number of methoxy groups -OCH3 is 2. The van der Waals surface area contributed by atoms with E-state index in [9.17, 15) is 4.79 Å². The highest BCUT2D eigenvalue weighted by Gasteiger charge is 2.14. The first-order chi connectivity index (χ1) is 14.0. The monoisotopic (exact) mass is 416 g/mol. The summed E-state index contributed by atoms with van der Waals surface area (Å²) in [4.78, 5) is 14.8. The van der Waals surface area contributed by atoms with E-state index >= 15 is 0 Å². The second-order valence-corrected chi connectivity index (χ2v) is 6.14. The van der Waals surface area contributed by atoms with Crippen LogP contribution in [0.2, 0.25) is 0 Å². The summed E-state index contributed by atoms with van der Waals surface area (Å²) in [6.07, 6.45) is 1.65. The minimum absolute atomic E-state index is 0.155. The molecule has 3 aromatic rings. The third-order valence-corrected chi connectivity index (χ3v) is 4.08. The van der Waals surface area contributed by atoms with Crippen molar-refractivity contribution in [2.45, 2.75) is 0 Å². The molecule has 8 nitrogen and oxygen atoms in total. The Morgan fingerprint density at radius 2 is 1.86 bits per heavy atom. The molecule has 0 spiro atoms. The van der Waals surface area contributed by atoms with Gasteiger partial charge in [0.1, 0.15) is 10.8 Å². The van der Waals surface area contributed by atoms with Gasteiger partial charge in [0.15, 0.2) is 18.1 Å². The SMILES string of the molecule is COc1ccc(-c2noc(/C(Cl)=C/c3ccc(OCC(=O)O)cc3)n2)cc1OC. The fraction of sp³-hybridized carbons (Fsp3) is 0.150. The number of rotatable bonds is 8. The third-order valence-electron chi connectivity index (χ3n) is 3.81. The lowest BCUT2D eigenvalue weighted by molar-refractivity contribution is -0.139. The lowest BCUT2D eigenvalue weighted by Crippen LogP contribution is -2.09. The number of carboxylic acids is 1. The summed E-state index contributed by atoms with van der Waals surface area (Å²) in [5.74, 6) is 1.04. The maximum absolute atomic E-state index is 10.5. The minimum atomic E-state index is -1.04. The highest BCUT2D eigenvalue weighted by atomic mass is 35.5. The number of hydrogen-bond donors (Lipinski definition) is 1. The van der Waals surface area contributed by atoms with Crippen LogP contribution in [0.3, 0.4) is 0 Å². The number of aliphatic carboxylic acids is 1. The summed E-state index contributed by atoms with van der Waals surface area (Å²) >= 11 is 6.30. The van der Waals surface area contributed by atoms with Gasteiger partial charge in [-0.15, -0.1) is 0 Å². The Hall–Kier alpha value is -3.52. The minimum Gasteiger partial charge on any atom is -0.493 e. The second kappa shape index (κ2) is 9.11. The van der Waals surface area contributed by atoms with E-state index in [4.69, 9.17) is 35.4 Å². The van der Waals surface area contributed by atoms with E-state index in [1.165, 1.54) is 0 Å². The van der Waals surface area contributed by atoms with E-state index in [0.29, 0.717) is 28.6 Å². The van der Waals surface area contributed by atoms with Crippen LogP contribution in [-0.2, 0) is 4.79 Å². The first-order valence-electron chi connectivity index (χ1n) is 8.38. The molecular formula is C20H17ClN2O6. The highest BCUT2D eigenvalue weighted by Crippen LogP contribution is 2.32. The largest absolute Gasteiger partial charge is 0.493 e. The molecule has 29 heavy (non-hydrogen) atoms. The number of halogens is 1. The maximum atomic E-state index is 10.5. The van der Waals surface area contributed by atoms with Crippen LogP contribution in [0.25, 0.3) is 22.5 Å². The quantitative estimate of drug-likeness (QED) is 0.588. The molecule has 3 rings (SSSR count). The Kier molecular flexibility index (Phi) is 6.36. The van der Waals surface area contributed by atoms with E-state index in [0.717, 1.165) is 5.56 Å². The first kappa shape index (κ1) is 20.2. The van der Waals surface area contributed by atoms with Crippen LogP contribution in [0, 0.1) is 0 Å². The van der Waals surface area contributed by atoms with Crippen molar-refractivity contribution in [3.63, 3.8) is 0 Å². The van der Waals surface area contributed by atoms with Crippen molar-refractivity contribution in [3.05, 3.63) is 53.9 Å². The molecule has 0 saturated heterocycles. The predicted molar refractivity (Wildman–Crippen MR) is 106 cm³/mol. The van der Waals surface area contributed by atoms with Gasteiger partial charge in [-0.05, 0) is 42.0 Å². The summed E-state index contributed by atoms with van der Waals surface area (Å²) in [7, 11) is 3.10. The zero-order chi connectivity index (χ0) is 20.8. The molecule has 0 bridgehead atoms. The Balaban J connectivity index is 1.76. The summed E-state index contributed by atoms with van der Waals surface area (Å²) in [5.41, 5.74) is 1.44. The fourth-order valence-corrected chi connectivity index (χ4v) is 2.63. The molecule has 1 heterocycles. The Labute approximate surface area is 171 Å². The number of carboxylic acid groups (broad SMARTS) is 1. The fourth-order valence-electron chi connectivity index (χ4n) is 2.43. The Bertz CT molecular complexity index is 1030. The molecular weight excluding hydrogens is 400 g/mol. The summed E-state index contributed by atoms with van der Waals surface area (Å²) in [6, 6.07) is 12.0. The van der Waals surface area contributed by atoms with Crippen molar-refractivity contribution in [3.8, 4) is 28.6 Å². The van der Waals surface area contributed by atoms with Gasteiger partial charge in [-0.25, -0.2) is 4.79 Å². The molecule has 0 amide bonds. The number of aromatic nitrogens is 2. The van der Waals surface area contributed by atoms with Gasteiger partial charge in [0.25, 0.3) is 5.89 Å². The summed E-state index contributed by atoms with van der Waals surface area (Å²) in [5, 5.41) is 12.8. The summed E-state index contributed by atoms with van der Waals surface area (Å²) in [6.45, 7) is -0.406. The van der Waals surface area contributed by atoms with Gasteiger partial charge in [0.2, 0.25) is 5.82 Å². The van der Waals surface area contributed by atoms with Crippen molar-refractivity contribution in [2.75, 3.05) is 20.8 Å². The maximum Gasteiger partial charge on any atom is 0.341 e. The zero-order valence-electron chi connectivity index (χ0n) is 15.6. The van der Waals surface area contributed by atoms with Crippen LogP contribution in [0.1, 0.15) is 11.5 Å². The molecule has 2 aromatic carbocycles. The molecule has 1 N–H and O–H groups in total. The standard InChI is InChI=1S/C20H17ClN2O6/c1-26-16-8-5-13(10-17(16)27-2)19-22-20(29-23-19)15(21)9-12-3-6-14(7-4-12)28-11-18(24)25/h3-10H,11H2,1-2H3,(H,24,25)/b15-9-. The van der Waals surface area contributed by atoms with E-state index < -0.39 is 12.6 Å². The van der Waals surface area contributed by atoms with Gasteiger partial charge >= 0.3 is 5.97 Å². The number of nitrogens with zero attached hydrogens (tertiary/aromatic N) is 2. The first-order valence-corrected chi connectivity index (χ1v) is 8.76. The van der Waals surface area contributed by atoms with Crippen LogP contribution in [0.5, 0.6) is 17.2 Å². The van der Waals surface area contributed by atoms with Crippen LogP contribution in [0.15, 0.2) is 47.0 Å². The van der Waals surface area contributed by atoms with Crippen molar-refractivity contribution in [1.82, 2.24) is 10.1 Å². The van der Waals surface area contributed by atoms with Crippen LogP contribution < -0.4 is 14.2 Å². The van der Waals surface area contributed by atoms with Gasteiger partial charge in [0.05, 0.1) is 14.2 Å². The molecule has 0 aliphatic carbocycles. The average molecular weight is 417 g/mol. The highest BCUT2D eigenvalue weighted by molar-refractivity contribution is 6.50. The lowest BCUT2D eigenvalue weighted by atomic mass is 10.2. The average Bonchev–Trinajstić information content (AvgIpc) is 3.23. The molecule has 1 aromatic heterocycles. The van der Waals surface area contributed by atoms with E-state index in [1.807, 2.05) is 0 Å². The normalized spacial score (nSPS) is 11.2. The van der Waals surface area contributed by atoms with E-state index in [1.54, 1.807) is 62.8 Å². The third kappa shape index (κ3) is 5.05. The number of benzene rings is 2. The molecule has 0 radical (unpaired) electrons. The molecule has 0 aliphatic rings. The van der Waals surface area contributed by atoms with Crippen molar-refractivity contribution >= 4 is 28.7 Å². The van der Waals surface area contributed by atoms with E-state index in [2.05, 4.69) is 10.1 Å². The predicted octanol–water partition coefficient (Wildman–Crippen LogP) is 3.95. The number of hydrogen-bond acceptors (Lipinski definition) is 7. The van der Waals surface area contributed by atoms with Crippen molar-refractivity contribution in [2.24, 2.45) is 0 Å². The van der Waals surface area contributed by atoms with Gasteiger partial charge in [-0.1, -0.05) is 28.9 Å². The molecule has 0 unspecified atom stereocenters. The summed E-state index contributed by atoms with van der Waals surface area (Å²) < 4.78 is 20.8. The lowest BCUT2D eigenvalue weighted by Gasteiger charge is -2.07. The molecule has 0 atom stereocenters. The molecule has 0 saturated carbocycles. The molecule has 0 fully saturated rings. The van der Waals surface area contributed by atoms with Crippen LogP contribution >= 0.6 is 11.6 Å². The zero-order valence-corrected chi connectivity index (χ0v) is 16.3. The second-order valence-electron chi connectivity index (χ2n) is 5.74. The van der Waals surface area contributed by atoms with Crippen molar-refractivity contribution in [1.29, 1.82) is 0 Å². The van der Waals surface area contributed by atoms with Gasteiger partial charge in [0, 0.05) is 5.56 Å². The molecule has 150 valence electrons.